The third kappa shape index (κ3) is 4.54. The number of para-hydroxylation sites is 1. The quantitative estimate of drug-likeness (QED) is 0.707. The zero-order valence-corrected chi connectivity index (χ0v) is 18.0. The van der Waals surface area contributed by atoms with Gasteiger partial charge in [0.05, 0.1) is 5.56 Å². The Labute approximate surface area is 185 Å². The largest absolute Gasteiger partial charge is 0.486 e. The highest BCUT2D eigenvalue weighted by Gasteiger charge is 2.31. The number of nitrogens with zero attached hydrogens (tertiary/aromatic N) is 2. The summed E-state index contributed by atoms with van der Waals surface area (Å²) in [5.74, 6) is -0.879. The fourth-order valence-electron chi connectivity index (χ4n) is 4.23. The van der Waals surface area contributed by atoms with Gasteiger partial charge in [0.2, 0.25) is 5.91 Å². The summed E-state index contributed by atoms with van der Waals surface area (Å²) in [6, 6.07) is 8.62. The van der Waals surface area contributed by atoms with E-state index < -0.39 is 17.5 Å². The minimum Gasteiger partial charge on any atom is -0.486 e. The van der Waals surface area contributed by atoms with E-state index >= 15 is 0 Å². The molecule has 2 aliphatic heterocycles. The molecule has 2 aromatic carbocycles. The molecule has 8 heteroatoms. The summed E-state index contributed by atoms with van der Waals surface area (Å²) in [6.07, 6.45) is 0.993. The number of fused-ring (bicyclic) bond motifs is 1. The maximum absolute atomic E-state index is 14.0. The topological polar surface area (TPSA) is 59.1 Å². The van der Waals surface area contributed by atoms with Crippen LogP contribution in [-0.2, 0) is 11.3 Å². The SMILES string of the molecule is CCN(Cc1cccc2c1OCCO2)C(=O)C1CCN(C(=O)c2ccc(F)cc2F)CC1. The van der Waals surface area contributed by atoms with E-state index in [9.17, 15) is 18.4 Å². The number of carbonyl (C=O) groups is 2. The molecule has 0 unspecified atom stereocenters. The maximum atomic E-state index is 14.0. The van der Waals surface area contributed by atoms with Gasteiger partial charge in [0.1, 0.15) is 24.8 Å². The second-order valence-electron chi connectivity index (χ2n) is 7.98. The zero-order chi connectivity index (χ0) is 22.7. The number of amides is 2. The first-order chi connectivity index (χ1) is 15.5. The maximum Gasteiger partial charge on any atom is 0.256 e. The van der Waals surface area contributed by atoms with E-state index in [0.717, 1.165) is 17.7 Å². The molecule has 170 valence electrons. The summed E-state index contributed by atoms with van der Waals surface area (Å²) in [6.45, 7) is 4.57. The van der Waals surface area contributed by atoms with Crippen LogP contribution in [0, 0.1) is 17.6 Å². The third-order valence-electron chi connectivity index (χ3n) is 6.00. The molecule has 1 fully saturated rings. The number of ether oxygens (including phenoxy) is 2. The van der Waals surface area contributed by atoms with Gasteiger partial charge in [-0.15, -0.1) is 0 Å². The number of rotatable bonds is 5. The van der Waals surface area contributed by atoms with Crippen LogP contribution in [0.2, 0.25) is 0 Å². The highest BCUT2D eigenvalue weighted by atomic mass is 19.1. The Bertz CT molecular complexity index is 1010. The van der Waals surface area contributed by atoms with Crippen LogP contribution >= 0.6 is 0 Å². The van der Waals surface area contributed by atoms with Crippen LogP contribution in [0.15, 0.2) is 36.4 Å². The van der Waals surface area contributed by atoms with Crippen LogP contribution in [0.5, 0.6) is 11.5 Å². The Kier molecular flexibility index (Phi) is 6.58. The number of benzene rings is 2. The molecule has 0 N–H and O–H groups in total. The van der Waals surface area contributed by atoms with Crippen molar-refractivity contribution >= 4 is 11.8 Å². The molecule has 2 aromatic rings. The van der Waals surface area contributed by atoms with Gasteiger partial charge in [-0.05, 0) is 38.0 Å². The Morgan fingerprint density at radius 2 is 1.84 bits per heavy atom. The zero-order valence-electron chi connectivity index (χ0n) is 18.0. The predicted molar refractivity (Wildman–Crippen MR) is 114 cm³/mol. The van der Waals surface area contributed by atoms with Gasteiger partial charge in [0.25, 0.3) is 5.91 Å². The van der Waals surface area contributed by atoms with Crippen molar-refractivity contribution < 1.29 is 27.8 Å². The Morgan fingerprint density at radius 3 is 2.56 bits per heavy atom. The molecule has 2 heterocycles. The average molecular weight is 444 g/mol. The fraction of sp³-hybridized carbons (Fsp3) is 0.417. The lowest BCUT2D eigenvalue weighted by molar-refractivity contribution is -0.137. The molecule has 4 rings (SSSR count). The Balaban J connectivity index is 1.38. The second-order valence-corrected chi connectivity index (χ2v) is 7.98. The lowest BCUT2D eigenvalue weighted by Gasteiger charge is -2.34. The summed E-state index contributed by atoms with van der Waals surface area (Å²) < 4.78 is 38.5. The van der Waals surface area contributed by atoms with E-state index in [0.29, 0.717) is 69.8 Å². The first-order valence-corrected chi connectivity index (χ1v) is 10.9. The highest BCUT2D eigenvalue weighted by molar-refractivity contribution is 5.94. The normalized spacial score (nSPS) is 16.0. The van der Waals surface area contributed by atoms with Gasteiger partial charge in [-0.2, -0.15) is 0 Å². The van der Waals surface area contributed by atoms with Crippen LogP contribution in [0.25, 0.3) is 0 Å². The van der Waals surface area contributed by atoms with Gasteiger partial charge >= 0.3 is 0 Å². The molecule has 2 amide bonds. The predicted octanol–water partition coefficient (Wildman–Crippen LogP) is 3.64. The number of hydrogen-bond donors (Lipinski definition) is 0. The van der Waals surface area contributed by atoms with Gasteiger partial charge in [-0.25, -0.2) is 8.78 Å². The number of piperidine rings is 1. The lowest BCUT2D eigenvalue weighted by atomic mass is 9.94. The molecule has 2 aliphatic rings. The summed E-state index contributed by atoms with van der Waals surface area (Å²) in [5, 5.41) is 0. The molecular weight excluding hydrogens is 418 g/mol. The van der Waals surface area contributed by atoms with E-state index in [1.807, 2.05) is 25.1 Å². The smallest absolute Gasteiger partial charge is 0.256 e. The number of likely N-dealkylation sites (tertiary alicyclic amines) is 1. The minimum atomic E-state index is -0.872. The summed E-state index contributed by atoms with van der Waals surface area (Å²) >= 11 is 0. The van der Waals surface area contributed by atoms with Gasteiger partial charge in [-0.3, -0.25) is 9.59 Å². The summed E-state index contributed by atoms with van der Waals surface area (Å²) in [7, 11) is 0. The van der Waals surface area contributed by atoms with Crippen molar-refractivity contribution in [1.29, 1.82) is 0 Å². The molecule has 1 saturated heterocycles. The van der Waals surface area contributed by atoms with Crippen molar-refractivity contribution in [3.63, 3.8) is 0 Å². The summed E-state index contributed by atoms with van der Waals surface area (Å²) in [5.41, 5.74) is 0.749. The molecule has 0 aliphatic carbocycles. The highest BCUT2D eigenvalue weighted by Crippen LogP contribution is 2.34. The first-order valence-electron chi connectivity index (χ1n) is 10.9. The van der Waals surface area contributed by atoms with E-state index in [1.54, 1.807) is 4.90 Å². The molecule has 0 bridgehead atoms. The second kappa shape index (κ2) is 9.54. The van der Waals surface area contributed by atoms with E-state index in [2.05, 4.69) is 0 Å². The van der Waals surface area contributed by atoms with E-state index in [4.69, 9.17) is 9.47 Å². The van der Waals surface area contributed by atoms with Crippen LogP contribution in [0.4, 0.5) is 8.78 Å². The van der Waals surface area contributed by atoms with Crippen LogP contribution in [0.1, 0.15) is 35.7 Å². The lowest BCUT2D eigenvalue weighted by Crippen LogP contribution is -2.44. The Morgan fingerprint density at radius 1 is 1.09 bits per heavy atom. The van der Waals surface area contributed by atoms with Crippen molar-refractivity contribution in [3.05, 3.63) is 59.2 Å². The van der Waals surface area contributed by atoms with Crippen molar-refractivity contribution in [3.8, 4) is 11.5 Å². The standard InChI is InChI=1S/C24H26F2N2O4/c1-2-27(15-17-4-3-5-21-22(17)32-13-12-31-21)23(29)16-8-10-28(11-9-16)24(30)19-7-6-18(25)14-20(19)26/h3-7,14,16H,2,8-13,15H2,1H3. The fourth-order valence-corrected chi connectivity index (χ4v) is 4.23. The van der Waals surface area contributed by atoms with Crippen LogP contribution in [-0.4, -0.2) is 54.5 Å². The van der Waals surface area contributed by atoms with Gasteiger partial charge in [0.15, 0.2) is 11.5 Å². The van der Waals surface area contributed by atoms with Crippen molar-refractivity contribution in [2.75, 3.05) is 32.8 Å². The number of halogens is 2. The van der Waals surface area contributed by atoms with E-state index in [1.165, 1.54) is 4.90 Å². The van der Waals surface area contributed by atoms with Crippen molar-refractivity contribution in [2.24, 2.45) is 5.92 Å². The molecule has 0 aromatic heterocycles. The molecule has 32 heavy (non-hydrogen) atoms. The molecule has 0 spiro atoms. The first kappa shape index (κ1) is 22.0. The molecule has 0 saturated carbocycles. The summed E-state index contributed by atoms with van der Waals surface area (Å²) in [4.78, 5) is 29.1. The van der Waals surface area contributed by atoms with Crippen molar-refractivity contribution in [2.45, 2.75) is 26.3 Å². The molecule has 0 radical (unpaired) electrons. The monoisotopic (exact) mass is 444 g/mol. The average Bonchev–Trinajstić information content (AvgIpc) is 2.82. The minimum absolute atomic E-state index is 0.0295. The Hall–Kier alpha value is -3.16. The number of carbonyl (C=O) groups excluding carboxylic acids is 2. The van der Waals surface area contributed by atoms with Gasteiger partial charge in [-0.1, -0.05) is 12.1 Å². The molecular formula is C24H26F2N2O4. The van der Waals surface area contributed by atoms with Crippen LogP contribution in [0.3, 0.4) is 0 Å². The molecule has 6 nitrogen and oxygen atoms in total. The van der Waals surface area contributed by atoms with Crippen LogP contribution < -0.4 is 9.47 Å². The van der Waals surface area contributed by atoms with E-state index in [-0.39, 0.29) is 17.4 Å². The third-order valence-corrected chi connectivity index (χ3v) is 6.00. The molecule has 0 atom stereocenters. The van der Waals surface area contributed by atoms with Crippen molar-refractivity contribution in [1.82, 2.24) is 9.80 Å². The number of hydrogen-bond acceptors (Lipinski definition) is 4. The van der Waals surface area contributed by atoms with Gasteiger partial charge < -0.3 is 19.3 Å². The van der Waals surface area contributed by atoms with Gasteiger partial charge in [0, 0.05) is 43.7 Å².